The number of hydrogen-bond donors (Lipinski definition) is 1. The van der Waals surface area contributed by atoms with E-state index < -0.39 is 5.97 Å². The molecule has 0 atom stereocenters. The van der Waals surface area contributed by atoms with Gasteiger partial charge in [-0.3, -0.25) is 9.59 Å². The van der Waals surface area contributed by atoms with E-state index in [4.69, 9.17) is 4.74 Å². The lowest BCUT2D eigenvalue weighted by molar-refractivity contribution is -0.148. The molecule has 25 heavy (non-hydrogen) atoms. The number of carbonyl (C=O) groups is 2. The van der Waals surface area contributed by atoms with E-state index in [2.05, 4.69) is 20.4 Å². The van der Waals surface area contributed by atoms with Gasteiger partial charge in [0.15, 0.2) is 6.61 Å². The van der Waals surface area contributed by atoms with Gasteiger partial charge in [0.1, 0.15) is 0 Å². The number of carbonyl (C=O) groups excluding carboxylic acids is 2. The average molecular weight is 365 g/mol. The van der Waals surface area contributed by atoms with E-state index in [0.29, 0.717) is 16.6 Å². The molecule has 0 aromatic carbocycles. The van der Waals surface area contributed by atoms with Crippen LogP contribution in [0, 0.1) is 13.8 Å². The highest BCUT2D eigenvalue weighted by atomic mass is 32.2. The van der Waals surface area contributed by atoms with Crippen molar-refractivity contribution in [1.82, 2.24) is 24.9 Å². The minimum absolute atomic E-state index is 0.0257. The Balaban J connectivity index is 2.09. The Morgan fingerprint density at radius 3 is 2.52 bits per heavy atom. The minimum Gasteiger partial charge on any atom is -0.455 e. The largest absolute Gasteiger partial charge is 0.455 e. The Bertz CT molecular complexity index is 810. The quantitative estimate of drug-likeness (QED) is 0.633. The van der Waals surface area contributed by atoms with Gasteiger partial charge in [0.2, 0.25) is 5.16 Å². The predicted octanol–water partition coefficient (Wildman–Crippen LogP) is 1.46. The van der Waals surface area contributed by atoms with Gasteiger partial charge in [0.05, 0.1) is 6.42 Å². The Kier molecular flexibility index (Phi) is 5.66. The van der Waals surface area contributed by atoms with Gasteiger partial charge in [-0.2, -0.15) is 4.98 Å². The van der Waals surface area contributed by atoms with Gasteiger partial charge in [-0.1, -0.05) is 11.8 Å². The van der Waals surface area contributed by atoms with E-state index in [1.807, 2.05) is 40.9 Å². The summed E-state index contributed by atoms with van der Waals surface area (Å²) in [7, 11) is 0. The zero-order valence-electron chi connectivity index (χ0n) is 15.3. The van der Waals surface area contributed by atoms with Crippen LogP contribution in [-0.2, 0) is 20.7 Å². The molecule has 2 aromatic rings. The number of fused-ring (bicyclic) bond motifs is 1. The molecule has 2 aromatic heterocycles. The van der Waals surface area contributed by atoms with Crippen molar-refractivity contribution < 1.29 is 14.3 Å². The lowest BCUT2D eigenvalue weighted by Gasteiger charge is -2.20. The lowest BCUT2D eigenvalue weighted by atomic mass is 10.1. The summed E-state index contributed by atoms with van der Waals surface area (Å²) >= 11 is 1.43. The first-order chi connectivity index (χ1) is 11.6. The molecule has 1 N–H and O–H groups in total. The molecule has 0 aliphatic carbocycles. The normalized spacial score (nSPS) is 11.6. The number of aryl methyl sites for hydroxylation is 2. The number of nitrogens with zero attached hydrogens (tertiary/aromatic N) is 4. The number of thioether (sulfide) groups is 1. The van der Waals surface area contributed by atoms with Crippen LogP contribution >= 0.6 is 11.8 Å². The molecule has 0 radical (unpaired) electrons. The number of esters is 1. The maximum atomic E-state index is 12.1. The average Bonchev–Trinajstić information content (AvgIpc) is 2.91. The first-order valence-electron chi connectivity index (χ1n) is 7.84. The number of aromatic nitrogens is 4. The standard InChI is InChI=1S/C16H23N5O3S/c1-9-11(7-13(23)24-8-12(22)19-16(3,4)5)10(2)21-14(17-9)18-15(20-21)25-6/h7-8H2,1-6H3,(H,19,22). The van der Waals surface area contributed by atoms with Gasteiger partial charge in [0.25, 0.3) is 11.7 Å². The van der Waals surface area contributed by atoms with Gasteiger partial charge < -0.3 is 10.1 Å². The number of nitrogens with one attached hydrogen (secondary N) is 1. The maximum absolute atomic E-state index is 12.1. The molecule has 9 heteroatoms. The van der Waals surface area contributed by atoms with Crippen LogP contribution in [0.15, 0.2) is 5.16 Å². The van der Waals surface area contributed by atoms with Crippen LogP contribution in [0.4, 0.5) is 0 Å². The molecule has 0 unspecified atom stereocenters. The van der Waals surface area contributed by atoms with E-state index in [-0.39, 0.29) is 24.5 Å². The molecule has 0 fully saturated rings. The summed E-state index contributed by atoms with van der Waals surface area (Å²) in [4.78, 5) is 32.5. The molecule has 8 nitrogen and oxygen atoms in total. The van der Waals surface area contributed by atoms with Gasteiger partial charge >= 0.3 is 5.97 Å². The Morgan fingerprint density at radius 2 is 1.92 bits per heavy atom. The summed E-state index contributed by atoms with van der Waals surface area (Å²) in [6, 6.07) is 0. The highest BCUT2D eigenvalue weighted by molar-refractivity contribution is 7.98. The van der Waals surface area contributed by atoms with Crippen molar-refractivity contribution in [2.45, 2.75) is 51.7 Å². The first kappa shape index (κ1) is 19.2. The second-order valence-electron chi connectivity index (χ2n) is 6.71. The second-order valence-corrected chi connectivity index (χ2v) is 7.48. The minimum atomic E-state index is -0.485. The third-order valence-corrected chi connectivity index (χ3v) is 3.95. The monoisotopic (exact) mass is 365 g/mol. The molecular weight excluding hydrogens is 342 g/mol. The van der Waals surface area contributed by atoms with Gasteiger partial charge in [-0.25, -0.2) is 9.50 Å². The summed E-state index contributed by atoms with van der Waals surface area (Å²) < 4.78 is 6.69. The molecule has 136 valence electrons. The van der Waals surface area contributed by atoms with E-state index in [1.165, 1.54) is 11.8 Å². The Labute approximate surface area is 150 Å². The van der Waals surface area contributed by atoms with Crippen LogP contribution in [-0.4, -0.2) is 49.9 Å². The third kappa shape index (κ3) is 4.91. The van der Waals surface area contributed by atoms with Crippen molar-refractivity contribution in [2.75, 3.05) is 12.9 Å². The van der Waals surface area contributed by atoms with Gasteiger partial charge in [-0.05, 0) is 40.9 Å². The molecule has 2 heterocycles. The predicted molar refractivity (Wildman–Crippen MR) is 94.6 cm³/mol. The number of amides is 1. The van der Waals surface area contributed by atoms with Crippen LogP contribution in [0.25, 0.3) is 5.78 Å². The third-order valence-electron chi connectivity index (χ3n) is 3.41. The van der Waals surface area contributed by atoms with E-state index in [9.17, 15) is 9.59 Å². The van der Waals surface area contributed by atoms with Crippen LogP contribution in [0.1, 0.15) is 37.7 Å². The van der Waals surface area contributed by atoms with Crippen molar-refractivity contribution >= 4 is 29.4 Å². The van der Waals surface area contributed by atoms with Crippen LogP contribution in [0.5, 0.6) is 0 Å². The van der Waals surface area contributed by atoms with Gasteiger partial charge in [-0.15, -0.1) is 5.10 Å². The van der Waals surface area contributed by atoms with E-state index >= 15 is 0 Å². The summed E-state index contributed by atoms with van der Waals surface area (Å²) in [6.45, 7) is 8.96. The Hall–Kier alpha value is -2.16. The molecule has 0 aliphatic heterocycles. The molecule has 1 amide bonds. The first-order valence-corrected chi connectivity index (χ1v) is 9.06. The van der Waals surface area contributed by atoms with E-state index in [0.717, 1.165) is 11.3 Å². The fraction of sp³-hybridized carbons (Fsp3) is 0.562. The van der Waals surface area contributed by atoms with Crippen LogP contribution in [0.3, 0.4) is 0 Å². The van der Waals surface area contributed by atoms with Crippen LogP contribution in [0.2, 0.25) is 0 Å². The molecular formula is C16H23N5O3S. The number of rotatable bonds is 5. The molecule has 0 saturated heterocycles. The molecule has 0 saturated carbocycles. The number of ether oxygens (including phenoxy) is 1. The van der Waals surface area contributed by atoms with E-state index in [1.54, 1.807) is 4.52 Å². The number of hydrogen-bond acceptors (Lipinski definition) is 7. The van der Waals surface area contributed by atoms with Crippen molar-refractivity contribution in [3.05, 3.63) is 17.0 Å². The van der Waals surface area contributed by atoms with Crippen molar-refractivity contribution in [1.29, 1.82) is 0 Å². The SMILES string of the molecule is CSc1nc2nc(C)c(CC(=O)OCC(=O)NC(C)(C)C)c(C)n2n1. The highest BCUT2D eigenvalue weighted by Crippen LogP contribution is 2.17. The molecule has 0 spiro atoms. The van der Waals surface area contributed by atoms with Crippen molar-refractivity contribution in [3.8, 4) is 0 Å². The smallest absolute Gasteiger partial charge is 0.310 e. The van der Waals surface area contributed by atoms with Crippen LogP contribution < -0.4 is 5.32 Å². The fourth-order valence-electron chi connectivity index (χ4n) is 2.33. The summed E-state index contributed by atoms with van der Waals surface area (Å²) in [5, 5.41) is 7.70. The summed E-state index contributed by atoms with van der Waals surface area (Å²) in [5.41, 5.74) is 1.84. The maximum Gasteiger partial charge on any atom is 0.310 e. The molecule has 2 rings (SSSR count). The Morgan fingerprint density at radius 1 is 1.24 bits per heavy atom. The topological polar surface area (TPSA) is 98.5 Å². The van der Waals surface area contributed by atoms with Gasteiger partial charge in [0, 0.05) is 22.5 Å². The zero-order chi connectivity index (χ0) is 18.8. The molecule has 0 bridgehead atoms. The highest BCUT2D eigenvalue weighted by Gasteiger charge is 2.18. The fourth-order valence-corrected chi connectivity index (χ4v) is 2.66. The summed E-state index contributed by atoms with van der Waals surface area (Å²) in [5.74, 6) is -0.314. The summed E-state index contributed by atoms with van der Waals surface area (Å²) in [6.07, 6.45) is 1.91. The molecule has 0 aliphatic rings. The zero-order valence-corrected chi connectivity index (χ0v) is 16.2. The van der Waals surface area contributed by atoms with Crippen molar-refractivity contribution in [2.24, 2.45) is 0 Å². The second kappa shape index (κ2) is 7.38. The lowest BCUT2D eigenvalue weighted by Crippen LogP contribution is -2.42. The van der Waals surface area contributed by atoms with Crippen molar-refractivity contribution in [3.63, 3.8) is 0 Å².